The number of carbonyl (C=O) groups excluding carboxylic acids is 1. The number of nitrogens with zero attached hydrogens (tertiary/aromatic N) is 1. The number of amides is 1. The summed E-state index contributed by atoms with van der Waals surface area (Å²) in [6, 6.07) is 2.96. The fourth-order valence-electron chi connectivity index (χ4n) is 2.30. The maximum atomic E-state index is 13.9. The highest BCUT2D eigenvalue weighted by atomic mass is 19.1. The molecule has 1 saturated carbocycles. The summed E-state index contributed by atoms with van der Waals surface area (Å²) < 4.78 is 13.9. The van der Waals surface area contributed by atoms with Gasteiger partial charge in [-0.25, -0.2) is 4.39 Å². The molecular weight excluding hydrogens is 231 g/mol. The molecule has 1 aromatic carbocycles. The molecule has 0 aliphatic heterocycles. The van der Waals surface area contributed by atoms with Crippen LogP contribution in [0.2, 0.25) is 0 Å². The number of benzene rings is 1. The van der Waals surface area contributed by atoms with Crippen molar-refractivity contribution in [2.75, 3.05) is 19.3 Å². The predicted molar refractivity (Wildman–Crippen MR) is 69.9 cm³/mol. The van der Waals surface area contributed by atoms with Gasteiger partial charge in [-0.2, -0.15) is 0 Å². The third-order valence-corrected chi connectivity index (χ3v) is 3.61. The van der Waals surface area contributed by atoms with Gasteiger partial charge in [0.2, 0.25) is 0 Å². The lowest BCUT2D eigenvalue weighted by Gasteiger charge is -2.30. The molecule has 0 saturated heterocycles. The van der Waals surface area contributed by atoms with Gasteiger partial charge in [0.1, 0.15) is 5.82 Å². The summed E-state index contributed by atoms with van der Waals surface area (Å²) in [5.74, 6) is -0.173. The van der Waals surface area contributed by atoms with E-state index in [1.165, 1.54) is 18.6 Å². The van der Waals surface area contributed by atoms with Crippen LogP contribution in [0.5, 0.6) is 0 Å². The van der Waals surface area contributed by atoms with E-state index in [-0.39, 0.29) is 11.5 Å². The summed E-state index contributed by atoms with van der Waals surface area (Å²) in [5.41, 5.74) is 6.58. The summed E-state index contributed by atoms with van der Waals surface area (Å²) in [7, 11) is 1.72. The molecule has 1 aliphatic carbocycles. The topological polar surface area (TPSA) is 46.3 Å². The summed E-state index contributed by atoms with van der Waals surface area (Å²) in [5, 5.41) is 0. The van der Waals surface area contributed by atoms with Crippen molar-refractivity contribution in [3.05, 3.63) is 29.1 Å². The predicted octanol–water partition coefficient (Wildman–Crippen LogP) is 2.59. The molecule has 1 aliphatic rings. The highest BCUT2D eigenvalue weighted by Gasteiger charge is 2.24. The Morgan fingerprint density at radius 1 is 1.50 bits per heavy atom. The fraction of sp³-hybridized carbons (Fsp3) is 0.500. The Balaban J connectivity index is 2.16. The zero-order valence-electron chi connectivity index (χ0n) is 10.9. The highest BCUT2D eigenvalue weighted by Crippen LogP contribution is 2.27. The molecule has 0 unspecified atom stereocenters. The van der Waals surface area contributed by atoms with E-state index in [0.717, 1.165) is 12.8 Å². The van der Waals surface area contributed by atoms with Crippen LogP contribution in [0.3, 0.4) is 0 Å². The second kappa shape index (κ2) is 4.96. The zero-order chi connectivity index (χ0) is 13.3. The van der Waals surface area contributed by atoms with Crippen LogP contribution >= 0.6 is 0 Å². The van der Waals surface area contributed by atoms with Gasteiger partial charge in [-0.15, -0.1) is 0 Å². The molecule has 0 spiro atoms. The minimum Gasteiger partial charge on any atom is -0.399 e. The maximum Gasteiger partial charge on any atom is 0.256 e. The van der Waals surface area contributed by atoms with E-state index in [9.17, 15) is 9.18 Å². The molecule has 1 amide bonds. The van der Waals surface area contributed by atoms with E-state index >= 15 is 0 Å². The lowest BCUT2D eigenvalue weighted by atomic mass is 9.85. The molecule has 18 heavy (non-hydrogen) atoms. The molecule has 1 fully saturated rings. The second-order valence-electron chi connectivity index (χ2n) is 5.18. The van der Waals surface area contributed by atoms with E-state index < -0.39 is 5.82 Å². The number of nitrogens with two attached hydrogens (primary N) is 1. The van der Waals surface area contributed by atoms with Crippen molar-refractivity contribution in [2.45, 2.75) is 26.2 Å². The van der Waals surface area contributed by atoms with Gasteiger partial charge in [-0.05, 0) is 43.4 Å². The molecular formula is C14H19FN2O. The minimum atomic E-state index is -0.463. The van der Waals surface area contributed by atoms with E-state index in [1.54, 1.807) is 18.9 Å². The van der Waals surface area contributed by atoms with Gasteiger partial charge < -0.3 is 10.6 Å². The van der Waals surface area contributed by atoms with Crippen molar-refractivity contribution in [1.82, 2.24) is 4.90 Å². The average Bonchev–Trinajstić information content (AvgIpc) is 2.27. The van der Waals surface area contributed by atoms with Gasteiger partial charge in [0.05, 0.1) is 5.56 Å². The molecule has 0 aromatic heterocycles. The van der Waals surface area contributed by atoms with Crippen molar-refractivity contribution in [3.8, 4) is 0 Å². The quantitative estimate of drug-likeness (QED) is 0.838. The Kier molecular flexibility index (Phi) is 3.55. The van der Waals surface area contributed by atoms with Crippen molar-refractivity contribution >= 4 is 11.6 Å². The van der Waals surface area contributed by atoms with E-state index in [0.29, 0.717) is 23.7 Å². The van der Waals surface area contributed by atoms with E-state index in [4.69, 9.17) is 5.73 Å². The number of nitrogen functional groups attached to an aromatic ring is 1. The average molecular weight is 250 g/mol. The Morgan fingerprint density at radius 2 is 2.17 bits per heavy atom. The lowest BCUT2D eigenvalue weighted by Crippen LogP contribution is -2.34. The highest BCUT2D eigenvalue weighted by molar-refractivity contribution is 5.95. The molecule has 0 heterocycles. The van der Waals surface area contributed by atoms with E-state index in [2.05, 4.69) is 0 Å². The van der Waals surface area contributed by atoms with Gasteiger partial charge in [0.25, 0.3) is 5.91 Å². The number of rotatable bonds is 3. The Bertz CT molecular complexity index is 469. The summed E-state index contributed by atoms with van der Waals surface area (Å²) >= 11 is 0. The Morgan fingerprint density at radius 3 is 2.72 bits per heavy atom. The van der Waals surface area contributed by atoms with E-state index in [1.807, 2.05) is 0 Å². The van der Waals surface area contributed by atoms with Crippen LogP contribution < -0.4 is 5.73 Å². The van der Waals surface area contributed by atoms with Crippen LogP contribution in [-0.2, 0) is 0 Å². The Hall–Kier alpha value is -1.58. The number of anilines is 1. The third-order valence-electron chi connectivity index (χ3n) is 3.61. The number of aryl methyl sites for hydroxylation is 1. The van der Waals surface area contributed by atoms with Gasteiger partial charge >= 0.3 is 0 Å². The van der Waals surface area contributed by atoms with Crippen LogP contribution in [0.4, 0.5) is 10.1 Å². The van der Waals surface area contributed by atoms with Crippen molar-refractivity contribution in [2.24, 2.45) is 5.92 Å². The SMILES string of the molecule is Cc1cc(N)cc(C(=O)N(C)CC2CCC2)c1F. The van der Waals surface area contributed by atoms with Gasteiger partial charge in [-0.1, -0.05) is 6.42 Å². The molecule has 0 atom stereocenters. The first kappa shape index (κ1) is 12.9. The molecule has 98 valence electrons. The lowest BCUT2D eigenvalue weighted by molar-refractivity contribution is 0.0740. The normalized spacial score (nSPS) is 15.3. The largest absolute Gasteiger partial charge is 0.399 e. The van der Waals surface area contributed by atoms with Crippen LogP contribution in [0.15, 0.2) is 12.1 Å². The first-order valence-electron chi connectivity index (χ1n) is 6.30. The van der Waals surface area contributed by atoms with Crippen LogP contribution in [0.1, 0.15) is 35.2 Å². The maximum absolute atomic E-state index is 13.9. The second-order valence-corrected chi connectivity index (χ2v) is 5.18. The number of hydrogen-bond donors (Lipinski definition) is 1. The van der Waals surface area contributed by atoms with Crippen molar-refractivity contribution in [3.63, 3.8) is 0 Å². The van der Waals surface area contributed by atoms with Crippen LogP contribution in [0, 0.1) is 18.7 Å². The fourth-order valence-corrected chi connectivity index (χ4v) is 2.30. The number of halogens is 1. The van der Waals surface area contributed by atoms with Crippen molar-refractivity contribution in [1.29, 1.82) is 0 Å². The standard InChI is InChI=1S/C14H19FN2O/c1-9-6-11(16)7-12(13(9)15)14(18)17(2)8-10-4-3-5-10/h6-7,10H,3-5,8,16H2,1-2H3. The summed E-state index contributed by atoms with van der Waals surface area (Å²) in [6.07, 6.45) is 3.56. The molecule has 2 rings (SSSR count). The molecule has 2 N–H and O–H groups in total. The van der Waals surface area contributed by atoms with Gasteiger partial charge in [0.15, 0.2) is 0 Å². The molecule has 4 heteroatoms. The molecule has 1 aromatic rings. The molecule has 0 bridgehead atoms. The van der Waals surface area contributed by atoms with Crippen molar-refractivity contribution < 1.29 is 9.18 Å². The summed E-state index contributed by atoms with van der Waals surface area (Å²) in [6.45, 7) is 2.32. The minimum absolute atomic E-state index is 0.0781. The Labute approximate surface area is 107 Å². The molecule has 0 radical (unpaired) electrons. The summed E-state index contributed by atoms with van der Waals surface area (Å²) in [4.78, 5) is 13.8. The third kappa shape index (κ3) is 2.47. The first-order valence-corrected chi connectivity index (χ1v) is 6.30. The van der Waals surface area contributed by atoms with Crippen LogP contribution in [-0.4, -0.2) is 24.4 Å². The van der Waals surface area contributed by atoms with Gasteiger partial charge in [-0.3, -0.25) is 4.79 Å². The molecule has 3 nitrogen and oxygen atoms in total. The van der Waals surface area contributed by atoms with Gasteiger partial charge in [0, 0.05) is 19.3 Å². The zero-order valence-corrected chi connectivity index (χ0v) is 10.9. The number of carbonyl (C=O) groups is 1. The monoisotopic (exact) mass is 250 g/mol. The smallest absolute Gasteiger partial charge is 0.256 e. The first-order chi connectivity index (χ1) is 8.49. The number of hydrogen-bond acceptors (Lipinski definition) is 2. The van der Waals surface area contributed by atoms with Crippen LogP contribution in [0.25, 0.3) is 0 Å².